The number of benzene rings is 1. The zero-order valence-electron chi connectivity index (χ0n) is 10.9. The highest BCUT2D eigenvalue weighted by Crippen LogP contribution is 2.11. The number of rotatable bonds is 7. The lowest BCUT2D eigenvalue weighted by atomic mass is 10.1. The molecule has 1 rings (SSSR count). The van der Waals surface area contributed by atoms with E-state index in [-0.39, 0.29) is 5.91 Å². The fourth-order valence-electron chi connectivity index (χ4n) is 1.57. The first kappa shape index (κ1) is 15.0. The van der Waals surface area contributed by atoms with E-state index in [2.05, 4.69) is 28.2 Å². The number of halogens is 1. The summed E-state index contributed by atoms with van der Waals surface area (Å²) in [5.41, 5.74) is 0.671. The number of hydrogen-bond acceptors (Lipinski definition) is 2. The van der Waals surface area contributed by atoms with Crippen LogP contribution in [0.15, 0.2) is 24.3 Å². The summed E-state index contributed by atoms with van der Waals surface area (Å²) in [5, 5.41) is 3.93. The van der Waals surface area contributed by atoms with E-state index in [9.17, 15) is 4.79 Å². The highest BCUT2D eigenvalue weighted by atomic mass is 79.9. The Morgan fingerprint density at radius 1 is 1.39 bits per heavy atom. The van der Waals surface area contributed by atoms with Gasteiger partial charge in [-0.3, -0.25) is 4.79 Å². The average molecular weight is 314 g/mol. The Bertz CT molecular complexity index is 365. The molecule has 0 aliphatic carbocycles. The van der Waals surface area contributed by atoms with Crippen LogP contribution in [0.2, 0.25) is 0 Å². The Balaban J connectivity index is 2.31. The summed E-state index contributed by atoms with van der Waals surface area (Å²) in [4.78, 5) is 11.8. The number of carbonyl (C=O) groups is 1. The first-order valence-electron chi connectivity index (χ1n) is 6.15. The van der Waals surface area contributed by atoms with E-state index >= 15 is 0 Å². The van der Waals surface area contributed by atoms with Gasteiger partial charge in [-0.25, -0.2) is 0 Å². The molecule has 18 heavy (non-hydrogen) atoms. The van der Waals surface area contributed by atoms with Crippen molar-refractivity contribution in [3.63, 3.8) is 0 Å². The molecule has 0 radical (unpaired) electrons. The van der Waals surface area contributed by atoms with Gasteiger partial charge < -0.3 is 10.1 Å². The quantitative estimate of drug-likeness (QED) is 0.620. The Kier molecular flexibility index (Phi) is 6.80. The molecule has 1 atom stereocenters. The summed E-state index contributed by atoms with van der Waals surface area (Å²) < 4.78 is 5.05. The summed E-state index contributed by atoms with van der Waals surface area (Å²) >= 11 is 3.45. The molecular formula is C14H20BrNO2. The van der Waals surface area contributed by atoms with Crippen molar-refractivity contribution in [1.29, 1.82) is 0 Å². The number of alkyl halides is 1. The van der Waals surface area contributed by atoms with Crippen molar-refractivity contribution >= 4 is 21.8 Å². The van der Waals surface area contributed by atoms with Gasteiger partial charge in [-0.05, 0) is 43.0 Å². The van der Waals surface area contributed by atoms with Gasteiger partial charge in [0.15, 0.2) is 0 Å². The van der Waals surface area contributed by atoms with Gasteiger partial charge in [0.2, 0.25) is 0 Å². The van der Waals surface area contributed by atoms with Crippen LogP contribution in [0, 0.1) is 5.92 Å². The Morgan fingerprint density at radius 3 is 2.61 bits per heavy atom. The Labute approximate surface area is 117 Å². The van der Waals surface area contributed by atoms with Gasteiger partial charge in [0.1, 0.15) is 5.75 Å². The highest BCUT2D eigenvalue weighted by Gasteiger charge is 2.05. The Hall–Kier alpha value is -1.03. The number of carbonyl (C=O) groups excluding carboxylic acids is 1. The third kappa shape index (κ3) is 5.08. The van der Waals surface area contributed by atoms with Crippen molar-refractivity contribution in [3.8, 4) is 5.75 Å². The van der Waals surface area contributed by atoms with Crippen LogP contribution in [0.25, 0.3) is 0 Å². The topological polar surface area (TPSA) is 38.3 Å². The van der Waals surface area contributed by atoms with Crippen LogP contribution in [0.1, 0.15) is 30.1 Å². The van der Waals surface area contributed by atoms with Gasteiger partial charge in [-0.2, -0.15) is 0 Å². The monoisotopic (exact) mass is 313 g/mol. The standard InChI is InChI=1S/C14H20BrNO2/c1-11(10-15)4-3-9-16-14(17)12-5-7-13(18-2)8-6-12/h5-8,11H,3-4,9-10H2,1-2H3,(H,16,17). The Morgan fingerprint density at radius 2 is 2.06 bits per heavy atom. The van der Waals surface area contributed by atoms with Crippen molar-refractivity contribution in [3.05, 3.63) is 29.8 Å². The van der Waals surface area contributed by atoms with Gasteiger partial charge in [0.05, 0.1) is 7.11 Å². The van der Waals surface area contributed by atoms with Gasteiger partial charge >= 0.3 is 0 Å². The fourth-order valence-corrected chi connectivity index (χ4v) is 1.90. The number of hydrogen-bond donors (Lipinski definition) is 1. The summed E-state index contributed by atoms with van der Waals surface area (Å²) in [5.74, 6) is 1.39. The molecule has 0 aliphatic heterocycles. The SMILES string of the molecule is COc1ccc(C(=O)NCCCC(C)CBr)cc1. The maximum atomic E-state index is 11.8. The van der Waals surface area contributed by atoms with E-state index in [1.165, 1.54) is 0 Å². The lowest BCUT2D eigenvalue weighted by Gasteiger charge is -2.08. The van der Waals surface area contributed by atoms with Crippen molar-refractivity contribution in [1.82, 2.24) is 5.32 Å². The van der Waals surface area contributed by atoms with Gasteiger partial charge in [-0.1, -0.05) is 22.9 Å². The van der Waals surface area contributed by atoms with Crippen molar-refractivity contribution in [2.45, 2.75) is 19.8 Å². The molecule has 3 nitrogen and oxygen atoms in total. The minimum absolute atomic E-state index is 0.0239. The van der Waals surface area contributed by atoms with E-state index in [0.29, 0.717) is 11.5 Å². The lowest BCUT2D eigenvalue weighted by molar-refractivity contribution is 0.0952. The van der Waals surface area contributed by atoms with Crippen molar-refractivity contribution < 1.29 is 9.53 Å². The summed E-state index contributed by atoms with van der Waals surface area (Å²) in [6, 6.07) is 7.13. The maximum Gasteiger partial charge on any atom is 0.251 e. The predicted octanol–water partition coefficient (Wildman–Crippen LogP) is 3.24. The lowest BCUT2D eigenvalue weighted by Crippen LogP contribution is -2.24. The third-order valence-corrected chi connectivity index (χ3v) is 3.88. The van der Waals surface area contributed by atoms with E-state index in [0.717, 1.165) is 30.5 Å². The predicted molar refractivity (Wildman–Crippen MR) is 77.5 cm³/mol. The normalized spacial score (nSPS) is 11.9. The van der Waals surface area contributed by atoms with Crippen LogP contribution in [-0.4, -0.2) is 24.9 Å². The van der Waals surface area contributed by atoms with Crippen LogP contribution in [0.3, 0.4) is 0 Å². The molecule has 0 aliphatic rings. The van der Waals surface area contributed by atoms with Gasteiger partial charge in [-0.15, -0.1) is 0 Å². The molecule has 1 aromatic rings. The van der Waals surface area contributed by atoms with Crippen LogP contribution in [-0.2, 0) is 0 Å². The molecule has 100 valence electrons. The number of methoxy groups -OCH3 is 1. The maximum absolute atomic E-state index is 11.8. The molecule has 0 spiro atoms. The van der Waals surface area contributed by atoms with Crippen LogP contribution in [0.4, 0.5) is 0 Å². The molecule has 1 aromatic carbocycles. The van der Waals surface area contributed by atoms with Crippen LogP contribution >= 0.6 is 15.9 Å². The zero-order valence-corrected chi connectivity index (χ0v) is 12.5. The van der Waals surface area contributed by atoms with E-state index < -0.39 is 0 Å². The van der Waals surface area contributed by atoms with Gasteiger partial charge in [0, 0.05) is 17.4 Å². The molecule has 1 unspecified atom stereocenters. The van der Waals surface area contributed by atoms with E-state index in [1.807, 2.05) is 0 Å². The second-order valence-corrected chi connectivity index (χ2v) is 5.03. The van der Waals surface area contributed by atoms with Gasteiger partial charge in [0.25, 0.3) is 5.91 Å². The molecule has 4 heteroatoms. The molecule has 0 saturated heterocycles. The first-order valence-corrected chi connectivity index (χ1v) is 7.27. The molecular weight excluding hydrogens is 294 g/mol. The van der Waals surface area contributed by atoms with Crippen LogP contribution < -0.4 is 10.1 Å². The number of ether oxygens (including phenoxy) is 1. The zero-order chi connectivity index (χ0) is 13.4. The number of nitrogens with one attached hydrogen (secondary N) is 1. The fraction of sp³-hybridized carbons (Fsp3) is 0.500. The molecule has 1 amide bonds. The third-order valence-electron chi connectivity index (χ3n) is 2.77. The summed E-state index contributed by atoms with van der Waals surface area (Å²) in [6.45, 7) is 2.92. The smallest absolute Gasteiger partial charge is 0.251 e. The minimum Gasteiger partial charge on any atom is -0.497 e. The molecule has 0 bridgehead atoms. The molecule has 0 saturated carbocycles. The molecule has 1 N–H and O–H groups in total. The first-order chi connectivity index (χ1) is 8.67. The van der Waals surface area contributed by atoms with Crippen molar-refractivity contribution in [2.24, 2.45) is 5.92 Å². The van der Waals surface area contributed by atoms with E-state index in [4.69, 9.17) is 4.74 Å². The second-order valence-electron chi connectivity index (χ2n) is 4.39. The molecule has 0 fully saturated rings. The molecule has 0 aromatic heterocycles. The van der Waals surface area contributed by atoms with E-state index in [1.54, 1.807) is 31.4 Å². The molecule has 0 heterocycles. The highest BCUT2D eigenvalue weighted by molar-refractivity contribution is 9.09. The summed E-state index contributed by atoms with van der Waals surface area (Å²) in [6.07, 6.45) is 2.13. The largest absolute Gasteiger partial charge is 0.497 e. The average Bonchev–Trinajstić information content (AvgIpc) is 2.43. The second kappa shape index (κ2) is 8.14. The summed E-state index contributed by atoms with van der Waals surface area (Å²) in [7, 11) is 1.61. The van der Waals surface area contributed by atoms with Crippen LogP contribution in [0.5, 0.6) is 5.75 Å². The minimum atomic E-state index is -0.0239. The van der Waals surface area contributed by atoms with Crippen molar-refractivity contribution in [2.75, 3.05) is 19.0 Å². The number of amides is 1.